The first-order valence-electron chi connectivity index (χ1n) is 21.2. The summed E-state index contributed by atoms with van der Waals surface area (Å²) in [6.07, 6.45) is 7.43. The predicted molar refractivity (Wildman–Crippen MR) is 230 cm³/mol. The maximum Gasteiger partial charge on any atom is 0.329 e. The number of nitrogens with zero attached hydrogens (tertiary/aromatic N) is 8. The van der Waals surface area contributed by atoms with Crippen LogP contribution in [0.25, 0.3) is 21.8 Å². The molecule has 15 nitrogen and oxygen atoms in total. The molecule has 0 bridgehead atoms. The largest absolute Gasteiger partial charge is 0.480 e. The molecular formula is C43H48ClF2N11O4. The Labute approximate surface area is 355 Å². The summed E-state index contributed by atoms with van der Waals surface area (Å²) in [6.45, 7) is 4.21. The average molecular weight is 856 g/mol. The highest BCUT2D eigenvalue weighted by atomic mass is 35.5. The van der Waals surface area contributed by atoms with E-state index in [1.54, 1.807) is 24.2 Å². The molecule has 3 aromatic heterocycles. The number of rotatable bonds is 8. The molecule has 0 spiro atoms. The van der Waals surface area contributed by atoms with E-state index in [0.29, 0.717) is 70.4 Å². The van der Waals surface area contributed by atoms with E-state index in [0.717, 1.165) is 69.3 Å². The van der Waals surface area contributed by atoms with Gasteiger partial charge in [-0.15, -0.1) is 0 Å². The second-order valence-corrected chi connectivity index (χ2v) is 17.7. The first-order valence-corrected chi connectivity index (χ1v) is 21.6. The van der Waals surface area contributed by atoms with Crippen molar-refractivity contribution in [3.8, 4) is 5.75 Å². The Morgan fingerprint density at radius 2 is 1.72 bits per heavy atom. The summed E-state index contributed by atoms with van der Waals surface area (Å²) >= 11 is 6.63. The molecular weight excluding hydrogens is 808 g/mol. The summed E-state index contributed by atoms with van der Waals surface area (Å²) in [5, 5.41) is 15.2. The molecule has 3 amide bonds. The maximum atomic E-state index is 15.2. The Kier molecular flexibility index (Phi) is 10.0. The van der Waals surface area contributed by atoms with Crippen LogP contribution in [0.5, 0.6) is 5.75 Å². The number of amides is 3. The highest BCUT2D eigenvalue weighted by molar-refractivity contribution is 6.33. The summed E-state index contributed by atoms with van der Waals surface area (Å²) in [5.74, 6) is -1.09. The molecule has 0 radical (unpaired) electrons. The van der Waals surface area contributed by atoms with Gasteiger partial charge in [0, 0.05) is 63.2 Å². The number of nitrogens with one attached hydrogen (secondary N) is 3. The minimum atomic E-state index is -3.13. The third-order valence-electron chi connectivity index (χ3n) is 13.2. The number of ether oxygens (including phenoxy) is 1. The Hall–Kier alpha value is -5.55. The van der Waals surface area contributed by atoms with Crippen LogP contribution in [0.15, 0.2) is 47.4 Å². The predicted octanol–water partition coefficient (Wildman–Crippen LogP) is 6.37. The molecule has 10 rings (SSSR count). The smallest absolute Gasteiger partial charge is 0.329 e. The molecule has 2 aromatic carbocycles. The molecule has 3 N–H and O–H groups in total. The number of fused-ring (bicyclic) bond motifs is 4. The summed E-state index contributed by atoms with van der Waals surface area (Å²) in [7, 11) is 3.50. The summed E-state index contributed by atoms with van der Waals surface area (Å²) in [6, 6.07) is 10.3. The lowest BCUT2D eigenvalue weighted by atomic mass is 9.88. The van der Waals surface area contributed by atoms with Crippen LogP contribution in [0.3, 0.4) is 0 Å². The van der Waals surface area contributed by atoms with Crippen molar-refractivity contribution in [2.24, 2.45) is 25.9 Å². The van der Waals surface area contributed by atoms with Crippen LogP contribution in [-0.4, -0.2) is 99.0 Å². The third kappa shape index (κ3) is 7.49. The first-order chi connectivity index (χ1) is 29.4. The van der Waals surface area contributed by atoms with E-state index in [9.17, 15) is 14.4 Å². The van der Waals surface area contributed by atoms with E-state index >= 15 is 8.78 Å². The lowest BCUT2D eigenvalue weighted by molar-refractivity contribution is -0.120. The van der Waals surface area contributed by atoms with Gasteiger partial charge in [0.25, 0.3) is 5.56 Å². The van der Waals surface area contributed by atoms with Crippen LogP contribution < -0.4 is 36.0 Å². The number of hydrogen-bond acceptors (Lipinski definition) is 11. The van der Waals surface area contributed by atoms with Crippen LogP contribution in [0.2, 0.25) is 5.02 Å². The van der Waals surface area contributed by atoms with Gasteiger partial charge in [0.15, 0.2) is 18.2 Å². The lowest BCUT2D eigenvalue weighted by Gasteiger charge is -2.38. The molecule has 18 heteroatoms. The summed E-state index contributed by atoms with van der Waals surface area (Å²) in [5.41, 5.74) is 3.27. The number of pyridine rings is 1. The standard InChI is InChI=1S/C43H48ClF2N11O4/c1-53-32-8-6-28(20-30(32)35-36(40(53)59)61-23-43(45,46)37(50-35)26-3-4-26)48-38-31(44)21-47-41(51-38)56-16-9-24(10-17-56)22-55-14-11-25(12-15-55)27-5-7-29-33(19-27)54(2)52-39(29)57-18-13-34(58)49-42(57)60/h5-8,19-21,24-26,37,50H,3-4,9-18,22-23H2,1-2H3,(H,47,48,51)(H,49,58,60). The monoisotopic (exact) mass is 855 g/mol. The second-order valence-electron chi connectivity index (χ2n) is 17.3. The SMILES string of the molecule is Cn1nc(N2CCC(=O)NC2=O)c2ccc(C3CCN(CC4CCN(c5ncc(Cl)c(Nc6ccc7c(c6)c6c(c(=O)n7C)OCC(F)(F)C(C7CC7)N6)n5)CC4)CC3)cc21. The zero-order valence-corrected chi connectivity index (χ0v) is 34.9. The molecule has 1 saturated carbocycles. The summed E-state index contributed by atoms with van der Waals surface area (Å²) < 4.78 is 39.1. The molecule has 4 aliphatic heterocycles. The van der Waals surface area contributed by atoms with Crippen molar-refractivity contribution in [2.75, 3.05) is 66.3 Å². The molecule has 320 valence electrons. The molecule has 1 atom stereocenters. The van der Waals surface area contributed by atoms with Crippen LogP contribution in [0.4, 0.5) is 42.5 Å². The van der Waals surface area contributed by atoms with Crippen molar-refractivity contribution < 1.29 is 23.1 Å². The molecule has 3 saturated heterocycles. The van der Waals surface area contributed by atoms with E-state index in [4.69, 9.17) is 21.3 Å². The van der Waals surface area contributed by atoms with Gasteiger partial charge in [-0.3, -0.25) is 24.5 Å². The number of aromatic nitrogens is 5. The van der Waals surface area contributed by atoms with Crippen molar-refractivity contribution in [1.82, 2.24) is 34.5 Å². The number of aryl methyl sites for hydroxylation is 2. The van der Waals surface area contributed by atoms with Gasteiger partial charge in [0.2, 0.25) is 17.6 Å². The minimum absolute atomic E-state index is 0.104. The van der Waals surface area contributed by atoms with E-state index < -0.39 is 30.2 Å². The zero-order valence-electron chi connectivity index (χ0n) is 34.1. The third-order valence-corrected chi connectivity index (χ3v) is 13.5. The highest BCUT2D eigenvalue weighted by Crippen LogP contribution is 2.46. The molecule has 5 aliphatic rings. The van der Waals surface area contributed by atoms with Crippen molar-refractivity contribution in [3.63, 3.8) is 0 Å². The Morgan fingerprint density at radius 3 is 2.48 bits per heavy atom. The molecule has 61 heavy (non-hydrogen) atoms. The molecule has 1 unspecified atom stereocenters. The normalized spacial score (nSPS) is 21.6. The van der Waals surface area contributed by atoms with Gasteiger partial charge in [-0.2, -0.15) is 10.1 Å². The van der Waals surface area contributed by atoms with Gasteiger partial charge in [0.1, 0.15) is 5.02 Å². The van der Waals surface area contributed by atoms with Crippen molar-refractivity contribution >= 4 is 74.3 Å². The van der Waals surface area contributed by atoms with Gasteiger partial charge >= 0.3 is 12.0 Å². The quantitative estimate of drug-likeness (QED) is 0.160. The maximum absolute atomic E-state index is 15.2. The number of carbonyl (C=O) groups excluding carboxylic acids is 2. The fourth-order valence-corrected chi connectivity index (χ4v) is 9.76. The Bertz CT molecular complexity index is 2620. The van der Waals surface area contributed by atoms with E-state index in [1.165, 1.54) is 10.1 Å². The van der Waals surface area contributed by atoms with Crippen LogP contribution in [0, 0.1) is 11.8 Å². The molecule has 4 fully saturated rings. The van der Waals surface area contributed by atoms with Gasteiger partial charge in [-0.05, 0) is 105 Å². The van der Waals surface area contributed by atoms with Gasteiger partial charge < -0.3 is 29.7 Å². The van der Waals surface area contributed by atoms with E-state index in [1.807, 2.05) is 23.9 Å². The fourth-order valence-electron chi connectivity index (χ4n) is 9.63. The number of carbonyl (C=O) groups is 2. The Balaban J connectivity index is 0.763. The van der Waals surface area contributed by atoms with Crippen LogP contribution >= 0.6 is 11.6 Å². The number of benzene rings is 2. The second kappa shape index (κ2) is 15.4. The number of piperidine rings is 2. The number of imide groups is 1. The van der Waals surface area contributed by atoms with E-state index in [2.05, 4.69) is 54.0 Å². The lowest BCUT2D eigenvalue weighted by Crippen LogP contribution is -2.49. The Morgan fingerprint density at radius 1 is 0.934 bits per heavy atom. The molecule has 5 aromatic rings. The van der Waals surface area contributed by atoms with Gasteiger partial charge in [-0.1, -0.05) is 17.7 Å². The number of anilines is 5. The van der Waals surface area contributed by atoms with Crippen molar-refractivity contribution in [3.05, 3.63) is 63.5 Å². The summed E-state index contributed by atoms with van der Waals surface area (Å²) in [4.78, 5) is 53.2. The number of halogens is 3. The fraction of sp³-hybridized carbons (Fsp3) is 0.488. The number of hydrogen-bond donors (Lipinski definition) is 3. The first kappa shape index (κ1) is 39.6. The average Bonchev–Trinajstić information content (AvgIpc) is 4.06. The number of alkyl halides is 2. The van der Waals surface area contributed by atoms with Crippen molar-refractivity contribution in [1.29, 1.82) is 0 Å². The van der Waals surface area contributed by atoms with Gasteiger partial charge in [0.05, 0.1) is 29.0 Å². The van der Waals surface area contributed by atoms with Crippen LogP contribution in [0.1, 0.15) is 56.4 Å². The van der Waals surface area contributed by atoms with E-state index in [-0.39, 0.29) is 29.7 Å². The number of urea groups is 1. The molecule has 1 aliphatic carbocycles. The zero-order chi connectivity index (χ0) is 42.2. The molecule has 7 heterocycles. The number of likely N-dealkylation sites (tertiary alicyclic amines) is 1. The van der Waals surface area contributed by atoms with Crippen molar-refractivity contribution in [2.45, 2.75) is 62.8 Å². The minimum Gasteiger partial charge on any atom is -0.480 e. The topological polar surface area (TPSA) is 155 Å². The highest BCUT2D eigenvalue weighted by Gasteiger charge is 2.51. The van der Waals surface area contributed by atoms with Crippen LogP contribution in [-0.2, 0) is 18.9 Å². The van der Waals surface area contributed by atoms with Gasteiger partial charge in [-0.25, -0.2) is 18.6 Å².